The fourth-order valence-electron chi connectivity index (χ4n) is 0.905. The van der Waals surface area contributed by atoms with Crippen molar-refractivity contribution in [1.82, 2.24) is 9.97 Å². The van der Waals surface area contributed by atoms with E-state index in [9.17, 15) is 4.79 Å². The van der Waals surface area contributed by atoms with E-state index in [1.807, 2.05) is 6.92 Å². The van der Waals surface area contributed by atoms with E-state index < -0.39 is 0 Å². The molecule has 0 unspecified atom stereocenters. The largest absolute Gasteiger partial charge is 0.296 e. The highest BCUT2D eigenvalue weighted by Gasteiger charge is 2.05. The Bertz CT molecular complexity index is 312. The molecule has 1 rings (SSSR count). The van der Waals surface area contributed by atoms with E-state index in [0.29, 0.717) is 16.7 Å². The van der Waals surface area contributed by atoms with Crippen LogP contribution in [0.15, 0.2) is 0 Å². The Kier molecular flexibility index (Phi) is 2.92. The molecule has 3 nitrogen and oxygen atoms in total. The summed E-state index contributed by atoms with van der Waals surface area (Å²) in [4.78, 5) is 18.8. The van der Waals surface area contributed by atoms with Crippen molar-refractivity contribution in [3.63, 3.8) is 0 Å². The fraction of sp³-hybridized carbons (Fsp3) is 0.375. The van der Waals surface area contributed by atoms with Gasteiger partial charge in [-0.1, -0.05) is 15.9 Å². The summed E-state index contributed by atoms with van der Waals surface area (Å²) in [5.74, 6) is 0. The Morgan fingerprint density at radius 2 is 2.00 bits per heavy atom. The molecule has 64 valence electrons. The minimum atomic E-state index is 0.428. The molecule has 0 bridgehead atoms. The first kappa shape index (κ1) is 9.32. The minimum absolute atomic E-state index is 0.428. The van der Waals surface area contributed by atoms with E-state index >= 15 is 0 Å². The lowest BCUT2D eigenvalue weighted by Crippen LogP contribution is -2.02. The van der Waals surface area contributed by atoms with Gasteiger partial charge >= 0.3 is 0 Å². The molecule has 0 saturated heterocycles. The summed E-state index contributed by atoms with van der Waals surface area (Å²) in [6.45, 7) is 3.62. The molecular weight excluding hydrogens is 220 g/mol. The number of halogens is 1. The SMILES string of the molecule is Cc1nc(CBr)c(C)nc1C=O. The normalized spacial score (nSPS) is 9.92. The molecule has 0 aliphatic rings. The molecule has 1 aromatic heterocycles. The van der Waals surface area contributed by atoms with Gasteiger partial charge < -0.3 is 0 Å². The number of hydrogen-bond donors (Lipinski definition) is 0. The zero-order valence-electron chi connectivity index (χ0n) is 6.97. The van der Waals surface area contributed by atoms with Crippen molar-refractivity contribution >= 4 is 22.2 Å². The molecule has 0 spiro atoms. The third-order valence-corrected chi connectivity index (χ3v) is 2.15. The highest BCUT2D eigenvalue weighted by molar-refractivity contribution is 9.08. The third kappa shape index (κ3) is 1.69. The van der Waals surface area contributed by atoms with Crippen LogP contribution >= 0.6 is 15.9 Å². The van der Waals surface area contributed by atoms with E-state index in [1.165, 1.54) is 0 Å². The quantitative estimate of drug-likeness (QED) is 0.573. The van der Waals surface area contributed by atoms with Crippen LogP contribution in [0.5, 0.6) is 0 Å². The lowest BCUT2D eigenvalue weighted by atomic mass is 10.3. The fourth-order valence-corrected chi connectivity index (χ4v) is 1.44. The third-order valence-electron chi connectivity index (χ3n) is 1.62. The van der Waals surface area contributed by atoms with Crippen molar-refractivity contribution in [2.75, 3.05) is 0 Å². The van der Waals surface area contributed by atoms with E-state index in [0.717, 1.165) is 17.7 Å². The van der Waals surface area contributed by atoms with Gasteiger partial charge in [0.05, 0.1) is 17.1 Å². The molecule has 1 aromatic rings. The number of rotatable bonds is 2. The van der Waals surface area contributed by atoms with Gasteiger partial charge in [-0.25, -0.2) is 4.98 Å². The van der Waals surface area contributed by atoms with E-state index in [4.69, 9.17) is 0 Å². The molecule has 0 amide bonds. The molecule has 0 aliphatic carbocycles. The predicted molar refractivity (Wildman–Crippen MR) is 49.5 cm³/mol. The Morgan fingerprint density at radius 3 is 2.50 bits per heavy atom. The maximum absolute atomic E-state index is 10.5. The molecule has 0 atom stereocenters. The lowest BCUT2D eigenvalue weighted by molar-refractivity contribution is 0.111. The Balaban J connectivity index is 3.25. The predicted octanol–water partition coefficient (Wildman–Crippen LogP) is 1.80. The van der Waals surface area contributed by atoms with Crippen LogP contribution in [0, 0.1) is 13.8 Å². The number of carbonyl (C=O) groups is 1. The van der Waals surface area contributed by atoms with E-state index in [-0.39, 0.29) is 0 Å². The van der Waals surface area contributed by atoms with Gasteiger partial charge in [-0.2, -0.15) is 0 Å². The Hall–Kier alpha value is -0.770. The standard InChI is InChI=1S/C8H9BrN2O/c1-5-7(3-9)10-6(2)8(4-12)11-5/h4H,3H2,1-2H3. The summed E-state index contributed by atoms with van der Waals surface area (Å²) in [6.07, 6.45) is 0.730. The van der Waals surface area contributed by atoms with Crippen LogP contribution < -0.4 is 0 Å². The van der Waals surface area contributed by atoms with Crippen LogP contribution in [0.3, 0.4) is 0 Å². The number of aromatic nitrogens is 2. The maximum Gasteiger partial charge on any atom is 0.170 e. The summed E-state index contributed by atoms with van der Waals surface area (Å²) >= 11 is 3.30. The van der Waals surface area contributed by atoms with Crippen LogP contribution in [0.25, 0.3) is 0 Å². The zero-order valence-corrected chi connectivity index (χ0v) is 8.55. The van der Waals surface area contributed by atoms with Crippen LogP contribution in [0.1, 0.15) is 27.6 Å². The number of aryl methyl sites for hydroxylation is 2. The van der Waals surface area contributed by atoms with E-state index in [1.54, 1.807) is 6.92 Å². The summed E-state index contributed by atoms with van der Waals surface area (Å²) in [6, 6.07) is 0. The molecular formula is C8H9BrN2O. The Morgan fingerprint density at radius 1 is 1.33 bits per heavy atom. The van der Waals surface area contributed by atoms with Gasteiger partial charge in [0, 0.05) is 5.33 Å². The number of nitrogens with zero attached hydrogens (tertiary/aromatic N) is 2. The second kappa shape index (κ2) is 3.76. The van der Waals surface area contributed by atoms with Crippen LogP contribution in [-0.2, 0) is 5.33 Å². The van der Waals surface area contributed by atoms with Gasteiger partial charge in [0.25, 0.3) is 0 Å². The van der Waals surface area contributed by atoms with Gasteiger partial charge in [-0.3, -0.25) is 9.78 Å². The summed E-state index contributed by atoms with van der Waals surface area (Å²) in [5, 5.41) is 0.672. The molecule has 0 aromatic carbocycles. The first-order valence-corrected chi connectivity index (χ1v) is 4.66. The molecule has 0 radical (unpaired) electrons. The lowest BCUT2D eigenvalue weighted by Gasteiger charge is -2.03. The second-order valence-corrected chi connectivity index (χ2v) is 3.04. The average molecular weight is 229 g/mol. The first-order chi connectivity index (χ1) is 5.69. The van der Waals surface area contributed by atoms with Gasteiger partial charge in [-0.05, 0) is 13.8 Å². The number of carbonyl (C=O) groups excluding carboxylic acids is 1. The van der Waals surface area contributed by atoms with Crippen molar-refractivity contribution in [1.29, 1.82) is 0 Å². The minimum Gasteiger partial charge on any atom is -0.296 e. The molecule has 12 heavy (non-hydrogen) atoms. The van der Waals surface area contributed by atoms with Crippen molar-refractivity contribution in [2.45, 2.75) is 19.2 Å². The number of alkyl halides is 1. The summed E-state index contributed by atoms with van der Waals surface area (Å²) in [5.41, 5.74) is 2.81. The Labute approximate surface area is 79.4 Å². The van der Waals surface area contributed by atoms with Crippen LogP contribution in [-0.4, -0.2) is 16.3 Å². The molecule has 0 fully saturated rings. The molecule has 0 saturated carbocycles. The van der Waals surface area contributed by atoms with Gasteiger partial charge in [-0.15, -0.1) is 0 Å². The maximum atomic E-state index is 10.5. The molecule has 0 N–H and O–H groups in total. The number of aldehydes is 1. The first-order valence-electron chi connectivity index (χ1n) is 3.54. The van der Waals surface area contributed by atoms with Crippen molar-refractivity contribution < 1.29 is 4.79 Å². The second-order valence-electron chi connectivity index (χ2n) is 2.48. The number of hydrogen-bond acceptors (Lipinski definition) is 3. The molecule has 1 heterocycles. The summed E-state index contributed by atoms with van der Waals surface area (Å²) < 4.78 is 0. The van der Waals surface area contributed by atoms with Gasteiger partial charge in [0.2, 0.25) is 0 Å². The van der Waals surface area contributed by atoms with Crippen molar-refractivity contribution in [2.24, 2.45) is 0 Å². The molecule has 4 heteroatoms. The monoisotopic (exact) mass is 228 g/mol. The highest BCUT2D eigenvalue weighted by Crippen LogP contribution is 2.09. The van der Waals surface area contributed by atoms with Gasteiger partial charge in [0.1, 0.15) is 5.69 Å². The van der Waals surface area contributed by atoms with Gasteiger partial charge in [0.15, 0.2) is 6.29 Å². The highest BCUT2D eigenvalue weighted by atomic mass is 79.9. The smallest absolute Gasteiger partial charge is 0.170 e. The topological polar surface area (TPSA) is 42.9 Å². The average Bonchev–Trinajstić information content (AvgIpc) is 2.08. The van der Waals surface area contributed by atoms with E-state index in [2.05, 4.69) is 25.9 Å². The van der Waals surface area contributed by atoms with Crippen LogP contribution in [0.2, 0.25) is 0 Å². The summed E-state index contributed by atoms with van der Waals surface area (Å²) in [7, 11) is 0. The molecule has 0 aliphatic heterocycles. The van der Waals surface area contributed by atoms with Crippen molar-refractivity contribution in [3.8, 4) is 0 Å². The zero-order chi connectivity index (χ0) is 9.14. The van der Waals surface area contributed by atoms with Crippen LogP contribution in [0.4, 0.5) is 0 Å². The van der Waals surface area contributed by atoms with Crippen molar-refractivity contribution in [3.05, 3.63) is 22.8 Å².